The summed E-state index contributed by atoms with van der Waals surface area (Å²) in [7, 11) is 0. The first-order valence-electron chi connectivity index (χ1n) is 8.58. The van der Waals surface area contributed by atoms with E-state index in [1.807, 2.05) is 6.92 Å². The zero-order valence-electron chi connectivity index (χ0n) is 14.7. The summed E-state index contributed by atoms with van der Waals surface area (Å²) in [5.41, 5.74) is 3.71. The minimum absolute atomic E-state index is 0.0290. The van der Waals surface area contributed by atoms with Crippen LogP contribution >= 0.6 is 0 Å². The van der Waals surface area contributed by atoms with Crippen LogP contribution in [0.25, 0.3) is 22.2 Å². The van der Waals surface area contributed by atoms with Gasteiger partial charge in [-0.2, -0.15) is 0 Å². The maximum Gasteiger partial charge on any atom is 0.229 e. The van der Waals surface area contributed by atoms with Crippen molar-refractivity contribution in [2.24, 2.45) is 0 Å². The molecular weight excluding hydrogens is 320 g/mol. The van der Waals surface area contributed by atoms with Crippen molar-refractivity contribution < 1.29 is 14.3 Å². The summed E-state index contributed by atoms with van der Waals surface area (Å²) in [5, 5.41) is 13.5. The number of rotatable bonds is 4. The molecule has 132 valence electrons. The van der Waals surface area contributed by atoms with Crippen LogP contribution in [0.1, 0.15) is 38.4 Å². The van der Waals surface area contributed by atoms with Gasteiger partial charge in [0.2, 0.25) is 5.71 Å². The van der Waals surface area contributed by atoms with Crippen LogP contribution in [0.4, 0.5) is 5.82 Å². The molecule has 0 fully saturated rings. The molecule has 1 atom stereocenters. The van der Waals surface area contributed by atoms with Crippen LogP contribution in [-0.4, -0.2) is 38.3 Å². The monoisotopic (exact) mass is 342 g/mol. The van der Waals surface area contributed by atoms with Gasteiger partial charge in [0.25, 0.3) is 0 Å². The van der Waals surface area contributed by atoms with Crippen molar-refractivity contribution >= 4 is 28.0 Å². The zero-order valence-corrected chi connectivity index (χ0v) is 14.7. The lowest BCUT2D eigenvalue weighted by Crippen LogP contribution is -2.32. The Labute approximate surface area is 145 Å². The third-order valence-electron chi connectivity index (χ3n) is 4.68. The number of aliphatic hydroxyl groups excluding tert-OH is 1. The predicted octanol–water partition coefficient (Wildman–Crippen LogP) is 2.81. The van der Waals surface area contributed by atoms with Gasteiger partial charge >= 0.3 is 0 Å². The largest absolute Gasteiger partial charge is 0.432 e. The van der Waals surface area contributed by atoms with Crippen molar-refractivity contribution in [3.05, 3.63) is 23.7 Å². The molecule has 7 nitrogen and oxygen atoms in total. The van der Waals surface area contributed by atoms with Gasteiger partial charge in [-0.25, -0.2) is 15.0 Å². The Hall–Kier alpha value is -2.25. The van der Waals surface area contributed by atoms with E-state index < -0.39 is 0 Å². The van der Waals surface area contributed by atoms with E-state index in [4.69, 9.17) is 14.1 Å². The van der Waals surface area contributed by atoms with Gasteiger partial charge in [0.1, 0.15) is 11.8 Å². The molecule has 4 rings (SSSR count). The van der Waals surface area contributed by atoms with E-state index in [1.54, 1.807) is 0 Å². The molecule has 4 heterocycles. The van der Waals surface area contributed by atoms with Gasteiger partial charge in [0.05, 0.1) is 35.9 Å². The van der Waals surface area contributed by atoms with Crippen LogP contribution in [0.15, 0.2) is 16.8 Å². The van der Waals surface area contributed by atoms with E-state index in [2.05, 4.69) is 35.2 Å². The summed E-state index contributed by atoms with van der Waals surface area (Å²) >= 11 is 0. The molecule has 2 N–H and O–H groups in total. The Morgan fingerprint density at radius 1 is 1.36 bits per heavy atom. The molecule has 0 bridgehead atoms. The fraction of sp³-hybridized carbons (Fsp3) is 0.500. The van der Waals surface area contributed by atoms with E-state index in [0.29, 0.717) is 23.7 Å². The smallest absolute Gasteiger partial charge is 0.229 e. The fourth-order valence-corrected chi connectivity index (χ4v) is 3.16. The topological polar surface area (TPSA) is 93.3 Å². The van der Waals surface area contributed by atoms with Gasteiger partial charge < -0.3 is 19.6 Å². The van der Waals surface area contributed by atoms with E-state index in [-0.39, 0.29) is 18.2 Å². The molecule has 0 aromatic carbocycles. The van der Waals surface area contributed by atoms with Crippen LogP contribution < -0.4 is 5.32 Å². The van der Waals surface area contributed by atoms with E-state index in [9.17, 15) is 5.11 Å². The second-order valence-corrected chi connectivity index (χ2v) is 7.11. The Morgan fingerprint density at radius 2 is 2.20 bits per heavy atom. The van der Waals surface area contributed by atoms with Crippen LogP contribution in [0.2, 0.25) is 0 Å². The molecular formula is C18H22N4O3. The highest BCUT2D eigenvalue weighted by atomic mass is 16.5. The highest BCUT2D eigenvalue weighted by Crippen LogP contribution is 2.34. The molecule has 1 aliphatic rings. The summed E-state index contributed by atoms with van der Waals surface area (Å²) in [6, 6.07) is 1.97. The molecule has 25 heavy (non-hydrogen) atoms. The number of anilines is 1. The predicted molar refractivity (Wildman–Crippen MR) is 94.5 cm³/mol. The second-order valence-electron chi connectivity index (χ2n) is 7.11. The fourth-order valence-electron chi connectivity index (χ4n) is 3.16. The summed E-state index contributed by atoms with van der Waals surface area (Å²) in [6.07, 6.45) is 3.03. The zero-order chi connectivity index (χ0) is 17.6. The first kappa shape index (κ1) is 16.2. The van der Waals surface area contributed by atoms with Gasteiger partial charge in [0, 0.05) is 12.0 Å². The lowest BCUT2D eigenvalue weighted by Gasteiger charge is -2.30. The second kappa shape index (κ2) is 5.93. The Morgan fingerprint density at radius 3 is 2.96 bits per heavy atom. The Balaban J connectivity index is 1.84. The number of fused-ring (bicyclic) bond motifs is 4. The third-order valence-corrected chi connectivity index (χ3v) is 4.68. The molecule has 0 saturated carbocycles. The molecule has 3 aromatic heterocycles. The van der Waals surface area contributed by atoms with E-state index >= 15 is 0 Å². The highest BCUT2D eigenvalue weighted by Gasteiger charge is 2.28. The van der Waals surface area contributed by atoms with E-state index in [0.717, 1.165) is 35.0 Å². The van der Waals surface area contributed by atoms with Gasteiger partial charge in [-0.3, -0.25) is 0 Å². The average molecular weight is 342 g/mol. The number of pyridine rings is 1. The van der Waals surface area contributed by atoms with Crippen LogP contribution in [-0.2, 0) is 17.8 Å². The first-order valence-corrected chi connectivity index (χ1v) is 8.58. The van der Waals surface area contributed by atoms with Crippen molar-refractivity contribution in [3.8, 4) is 0 Å². The first-order chi connectivity index (χ1) is 12.0. The van der Waals surface area contributed by atoms with E-state index in [1.165, 1.54) is 6.33 Å². The van der Waals surface area contributed by atoms with Crippen LogP contribution in [0.5, 0.6) is 0 Å². The molecule has 3 aromatic rings. The number of nitrogens with zero attached hydrogens (tertiary/aromatic N) is 3. The number of ether oxygens (including phenoxy) is 1. The van der Waals surface area contributed by atoms with Crippen molar-refractivity contribution in [2.75, 3.05) is 11.9 Å². The number of nitrogens with one attached hydrogen (secondary N) is 1. The number of hydrogen-bond acceptors (Lipinski definition) is 7. The summed E-state index contributed by atoms with van der Waals surface area (Å²) < 4.78 is 11.9. The Kier molecular flexibility index (Phi) is 3.85. The highest BCUT2D eigenvalue weighted by molar-refractivity contribution is 6.04. The summed E-state index contributed by atoms with van der Waals surface area (Å²) in [6.45, 7) is 6.70. The van der Waals surface area contributed by atoms with Crippen molar-refractivity contribution in [1.82, 2.24) is 15.0 Å². The van der Waals surface area contributed by atoms with Crippen molar-refractivity contribution in [2.45, 2.75) is 51.9 Å². The minimum atomic E-state index is -0.221. The number of aromatic nitrogens is 3. The van der Waals surface area contributed by atoms with Crippen molar-refractivity contribution in [1.29, 1.82) is 0 Å². The molecule has 0 radical (unpaired) electrons. The third kappa shape index (κ3) is 2.83. The van der Waals surface area contributed by atoms with Gasteiger partial charge in [-0.1, -0.05) is 6.92 Å². The summed E-state index contributed by atoms with van der Waals surface area (Å²) in [4.78, 5) is 13.4. The summed E-state index contributed by atoms with van der Waals surface area (Å²) in [5.74, 6) is 0.582. The molecule has 0 amide bonds. The molecule has 7 heteroatoms. The molecule has 1 unspecified atom stereocenters. The SMILES string of the molecule is CCC(CO)Nc1ncnc2c1oc1nc3c(cc12)COC(C)(C)C3. The molecule has 0 saturated heterocycles. The molecule has 1 aliphatic heterocycles. The van der Waals surface area contributed by atoms with Gasteiger partial charge in [0.15, 0.2) is 11.4 Å². The maximum absolute atomic E-state index is 9.43. The number of aliphatic hydroxyl groups is 1. The number of furan rings is 1. The lowest BCUT2D eigenvalue weighted by atomic mass is 9.95. The molecule has 0 spiro atoms. The van der Waals surface area contributed by atoms with Crippen LogP contribution in [0.3, 0.4) is 0 Å². The minimum Gasteiger partial charge on any atom is -0.432 e. The Bertz CT molecular complexity index is 931. The van der Waals surface area contributed by atoms with Gasteiger partial charge in [-0.05, 0) is 26.3 Å². The quantitative estimate of drug-likeness (QED) is 0.753. The maximum atomic E-state index is 9.43. The standard InChI is InChI=1S/C18H22N4O3/c1-4-11(7-23)21-16-15-14(19-9-20-16)12-5-10-8-24-18(2,3)6-13(10)22-17(12)25-15/h5,9,11,23H,4,6-8H2,1-3H3,(H,19,20,21). The van der Waals surface area contributed by atoms with Crippen LogP contribution in [0, 0.1) is 0 Å². The average Bonchev–Trinajstić information content (AvgIpc) is 2.95. The number of hydrogen-bond donors (Lipinski definition) is 2. The van der Waals surface area contributed by atoms with Crippen molar-refractivity contribution in [3.63, 3.8) is 0 Å². The van der Waals surface area contributed by atoms with Gasteiger partial charge in [-0.15, -0.1) is 0 Å². The molecule has 0 aliphatic carbocycles. The lowest BCUT2D eigenvalue weighted by molar-refractivity contribution is -0.0411. The normalized spacial score (nSPS) is 17.6.